The van der Waals surface area contributed by atoms with Gasteiger partial charge in [0, 0.05) is 13.1 Å². The van der Waals surface area contributed by atoms with Crippen molar-refractivity contribution in [2.24, 2.45) is 0 Å². The van der Waals surface area contributed by atoms with E-state index in [2.05, 4.69) is 5.32 Å². The molecule has 84 valence electrons. The molecule has 1 atom stereocenters. The number of methoxy groups -OCH3 is 1. The topological polar surface area (TPSA) is 61.7 Å². The van der Waals surface area contributed by atoms with Crippen LogP contribution in [0.2, 0.25) is 0 Å². The molecule has 4 nitrogen and oxygen atoms in total. The van der Waals surface area contributed by atoms with Crippen LogP contribution in [-0.2, 0) is 6.54 Å². The lowest BCUT2D eigenvalue weighted by atomic mass is 10.2. The van der Waals surface area contributed by atoms with Gasteiger partial charge in [-0.1, -0.05) is 6.07 Å². The second-order valence-corrected chi connectivity index (χ2v) is 3.49. The van der Waals surface area contributed by atoms with Crippen LogP contribution in [0.3, 0.4) is 0 Å². The monoisotopic (exact) mass is 211 g/mol. The number of rotatable bonds is 5. The van der Waals surface area contributed by atoms with E-state index in [1.165, 1.54) is 7.11 Å². The molecule has 1 aromatic carbocycles. The molecule has 0 aromatic heterocycles. The molecule has 0 saturated heterocycles. The number of benzene rings is 1. The Morgan fingerprint density at radius 3 is 2.80 bits per heavy atom. The van der Waals surface area contributed by atoms with Crippen molar-refractivity contribution in [3.05, 3.63) is 23.8 Å². The first-order valence-electron chi connectivity index (χ1n) is 4.88. The molecular weight excluding hydrogens is 194 g/mol. The summed E-state index contributed by atoms with van der Waals surface area (Å²) in [4.78, 5) is 0. The maximum Gasteiger partial charge on any atom is 0.160 e. The minimum absolute atomic E-state index is 0.136. The van der Waals surface area contributed by atoms with Crippen molar-refractivity contribution in [3.8, 4) is 11.5 Å². The number of phenols is 1. The van der Waals surface area contributed by atoms with Crippen LogP contribution in [0.25, 0.3) is 0 Å². The van der Waals surface area contributed by atoms with E-state index < -0.39 is 0 Å². The largest absolute Gasteiger partial charge is 0.504 e. The number of ether oxygens (including phenoxy) is 1. The number of aliphatic hydroxyl groups is 1. The van der Waals surface area contributed by atoms with Crippen molar-refractivity contribution in [1.82, 2.24) is 5.32 Å². The summed E-state index contributed by atoms with van der Waals surface area (Å²) in [6.07, 6.45) is -0.357. The molecular formula is C11H17NO3. The van der Waals surface area contributed by atoms with Gasteiger partial charge in [-0.2, -0.15) is 0 Å². The molecule has 0 aliphatic heterocycles. The van der Waals surface area contributed by atoms with Crippen LogP contribution >= 0.6 is 0 Å². The van der Waals surface area contributed by atoms with Crippen LogP contribution in [0.1, 0.15) is 12.5 Å². The second kappa shape index (κ2) is 5.58. The highest BCUT2D eigenvalue weighted by Gasteiger charge is 2.02. The van der Waals surface area contributed by atoms with Crippen LogP contribution in [0.4, 0.5) is 0 Å². The van der Waals surface area contributed by atoms with Crippen molar-refractivity contribution >= 4 is 0 Å². The van der Waals surface area contributed by atoms with Gasteiger partial charge in [0.1, 0.15) is 0 Å². The van der Waals surface area contributed by atoms with Crippen molar-refractivity contribution in [1.29, 1.82) is 0 Å². The molecule has 4 heteroatoms. The number of aliphatic hydroxyl groups excluding tert-OH is 1. The first-order valence-corrected chi connectivity index (χ1v) is 4.88. The van der Waals surface area contributed by atoms with E-state index in [4.69, 9.17) is 9.84 Å². The predicted molar refractivity (Wildman–Crippen MR) is 58.0 cm³/mol. The molecule has 0 heterocycles. The number of nitrogens with one attached hydrogen (secondary N) is 1. The van der Waals surface area contributed by atoms with E-state index in [0.717, 1.165) is 5.56 Å². The summed E-state index contributed by atoms with van der Waals surface area (Å²) in [7, 11) is 1.52. The van der Waals surface area contributed by atoms with Gasteiger partial charge >= 0.3 is 0 Å². The van der Waals surface area contributed by atoms with Gasteiger partial charge in [0.05, 0.1) is 13.2 Å². The minimum atomic E-state index is -0.357. The Bertz CT molecular complexity index is 313. The SMILES string of the molecule is COc1cc(CNCC(C)O)ccc1O. The highest BCUT2D eigenvalue weighted by molar-refractivity contribution is 5.41. The highest BCUT2D eigenvalue weighted by atomic mass is 16.5. The van der Waals surface area contributed by atoms with Gasteiger partial charge in [-0.3, -0.25) is 0 Å². The van der Waals surface area contributed by atoms with Crippen LogP contribution in [0.15, 0.2) is 18.2 Å². The summed E-state index contributed by atoms with van der Waals surface area (Å²) in [5.41, 5.74) is 1.00. The Kier molecular flexibility index (Phi) is 4.39. The van der Waals surface area contributed by atoms with Crippen LogP contribution in [0.5, 0.6) is 11.5 Å². The average molecular weight is 211 g/mol. The fourth-order valence-corrected chi connectivity index (χ4v) is 1.26. The molecule has 0 aliphatic rings. The van der Waals surface area contributed by atoms with Crippen LogP contribution in [-0.4, -0.2) is 30.0 Å². The molecule has 0 saturated carbocycles. The first-order chi connectivity index (χ1) is 7.13. The standard InChI is InChI=1S/C11H17NO3/c1-8(13)6-12-7-9-3-4-10(14)11(5-9)15-2/h3-5,8,12-14H,6-7H2,1-2H3. The third kappa shape index (κ3) is 3.77. The van der Waals surface area contributed by atoms with E-state index in [0.29, 0.717) is 18.8 Å². The zero-order valence-electron chi connectivity index (χ0n) is 9.03. The van der Waals surface area contributed by atoms with Gasteiger partial charge in [-0.15, -0.1) is 0 Å². The highest BCUT2D eigenvalue weighted by Crippen LogP contribution is 2.25. The number of hydrogen-bond donors (Lipinski definition) is 3. The minimum Gasteiger partial charge on any atom is -0.504 e. The lowest BCUT2D eigenvalue weighted by Crippen LogP contribution is -2.23. The van der Waals surface area contributed by atoms with E-state index in [1.807, 2.05) is 6.07 Å². The number of aromatic hydroxyl groups is 1. The summed E-state index contributed by atoms with van der Waals surface area (Å²) in [6, 6.07) is 5.18. The summed E-state index contributed by atoms with van der Waals surface area (Å²) in [5, 5.41) is 21.5. The molecule has 1 aromatic rings. The maximum atomic E-state index is 9.36. The number of phenolic OH excluding ortho intramolecular Hbond substituents is 1. The van der Waals surface area contributed by atoms with Crippen molar-refractivity contribution in [3.63, 3.8) is 0 Å². The van der Waals surface area contributed by atoms with Crippen molar-refractivity contribution < 1.29 is 14.9 Å². The lowest BCUT2D eigenvalue weighted by Gasteiger charge is -2.09. The van der Waals surface area contributed by atoms with Crippen LogP contribution < -0.4 is 10.1 Å². The fourth-order valence-electron chi connectivity index (χ4n) is 1.26. The molecule has 1 unspecified atom stereocenters. The molecule has 1 rings (SSSR count). The van der Waals surface area contributed by atoms with E-state index >= 15 is 0 Å². The molecule has 3 N–H and O–H groups in total. The molecule has 0 spiro atoms. The predicted octanol–water partition coefficient (Wildman–Crippen LogP) is 0.871. The van der Waals surface area contributed by atoms with Gasteiger partial charge in [0.15, 0.2) is 11.5 Å². The van der Waals surface area contributed by atoms with E-state index in [9.17, 15) is 5.11 Å². The molecule has 15 heavy (non-hydrogen) atoms. The Balaban J connectivity index is 2.54. The van der Waals surface area contributed by atoms with Gasteiger partial charge < -0.3 is 20.3 Å². The smallest absolute Gasteiger partial charge is 0.160 e. The second-order valence-electron chi connectivity index (χ2n) is 3.49. The summed E-state index contributed by atoms with van der Waals surface area (Å²) >= 11 is 0. The normalized spacial score (nSPS) is 12.5. The van der Waals surface area contributed by atoms with Crippen molar-refractivity contribution in [2.75, 3.05) is 13.7 Å². The van der Waals surface area contributed by atoms with Crippen molar-refractivity contribution in [2.45, 2.75) is 19.6 Å². The van der Waals surface area contributed by atoms with Gasteiger partial charge in [-0.25, -0.2) is 0 Å². The molecule has 0 amide bonds. The Morgan fingerprint density at radius 1 is 1.47 bits per heavy atom. The Hall–Kier alpha value is -1.26. The third-order valence-electron chi connectivity index (χ3n) is 2.01. The maximum absolute atomic E-state index is 9.36. The van der Waals surface area contributed by atoms with E-state index in [-0.39, 0.29) is 11.9 Å². The third-order valence-corrected chi connectivity index (χ3v) is 2.01. The van der Waals surface area contributed by atoms with Gasteiger partial charge in [-0.05, 0) is 24.6 Å². The quantitative estimate of drug-likeness (QED) is 0.676. The zero-order chi connectivity index (χ0) is 11.3. The first kappa shape index (κ1) is 11.8. The van der Waals surface area contributed by atoms with E-state index in [1.54, 1.807) is 19.1 Å². The summed E-state index contributed by atoms with van der Waals surface area (Å²) in [6.45, 7) is 2.91. The van der Waals surface area contributed by atoms with Gasteiger partial charge in [0.25, 0.3) is 0 Å². The Morgan fingerprint density at radius 2 is 2.20 bits per heavy atom. The van der Waals surface area contributed by atoms with Gasteiger partial charge in [0.2, 0.25) is 0 Å². The Labute approximate surface area is 89.5 Å². The number of hydrogen-bond acceptors (Lipinski definition) is 4. The summed E-state index contributed by atoms with van der Waals surface area (Å²) in [5.74, 6) is 0.600. The van der Waals surface area contributed by atoms with Crippen LogP contribution in [0, 0.1) is 0 Å². The lowest BCUT2D eigenvalue weighted by molar-refractivity contribution is 0.191. The molecule has 0 fully saturated rings. The molecule has 0 radical (unpaired) electrons. The molecule has 0 aliphatic carbocycles. The fraction of sp³-hybridized carbons (Fsp3) is 0.455. The zero-order valence-corrected chi connectivity index (χ0v) is 9.03. The summed E-state index contributed by atoms with van der Waals surface area (Å²) < 4.78 is 4.99. The molecule has 0 bridgehead atoms. The average Bonchev–Trinajstić information content (AvgIpc) is 2.20.